The van der Waals surface area contributed by atoms with Crippen LogP contribution in [0.25, 0.3) is 0 Å². The van der Waals surface area contributed by atoms with E-state index in [1.165, 1.54) is 0 Å². The van der Waals surface area contributed by atoms with Crippen LogP contribution in [0.2, 0.25) is 0 Å². The molecule has 1 fully saturated rings. The number of hydrogen-bond acceptors (Lipinski definition) is 3. The van der Waals surface area contributed by atoms with Gasteiger partial charge in [-0.2, -0.15) is 5.26 Å². The summed E-state index contributed by atoms with van der Waals surface area (Å²) in [7, 11) is 0. The number of rotatable bonds is 2. The number of anilines is 1. The highest BCUT2D eigenvalue weighted by molar-refractivity contribution is 9.10. The van der Waals surface area contributed by atoms with Gasteiger partial charge in [-0.25, -0.2) is 0 Å². The Kier molecular flexibility index (Phi) is 3.65. The Labute approximate surface area is 116 Å². The van der Waals surface area contributed by atoms with Gasteiger partial charge in [-0.15, -0.1) is 0 Å². The monoisotopic (exact) mass is 308 g/mol. The summed E-state index contributed by atoms with van der Waals surface area (Å²) in [6, 6.07) is 10.3. The molecule has 1 N–H and O–H groups in total. The lowest BCUT2D eigenvalue weighted by Crippen LogP contribution is -2.49. The second kappa shape index (κ2) is 4.91. The normalized spacial score (nSPS) is 26.3. The first-order chi connectivity index (χ1) is 8.45. The van der Waals surface area contributed by atoms with Gasteiger partial charge in [0.25, 0.3) is 0 Å². The highest BCUT2D eigenvalue weighted by Gasteiger charge is 2.41. The van der Waals surface area contributed by atoms with Gasteiger partial charge in [-0.05, 0) is 38.1 Å². The van der Waals surface area contributed by atoms with Crippen LogP contribution >= 0.6 is 15.9 Å². The topological polar surface area (TPSA) is 45.0 Å². The average Bonchev–Trinajstić information content (AvgIpc) is 2.31. The lowest BCUT2D eigenvalue weighted by molar-refractivity contribution is -0.0659. The predicted molar refractivity (Wildman–Crippen MR) is 75.4 cm³/mol. The lowest BCUT2D eigenvalue weighted by Gasteiger charge is -2.41. The standard InChI is InChI=1S/C14H17BrN2O/c1-13(2)9-14(10-16,7-8-18-13)17-12-5-3-11(15)4-6-12/h3-6,17H,7-9H2,1-2H3. The lowest BCUT2D eigenvalue weighted by atomic mass is 9.82. The van der Waals surface area contributed by atoms with Crippen LogP contribution in [0.15, 0.2) is 28.7 Å². The van der Waals surface area contributed by atoms with E-state index < -0.39 is 5.54 Å². The largest absolute Gasteiger partial charge is 0.375 e. The Hall–Kier alpha value is -1.05. The van der Waals surface area contributed by atoms with Gasteiger partial charge in [-0.1, -0.05) is 15.9 Å². The Balaban J connectivity index is 2.18. The SMILES string of the molecule is CC1(C)CC(C#N)(Nc2ccc(Br)cc2)CCO1. The number of hydrogen-bond donors (Lipinski definition) is 1. The zero-order valence-corrected chi connectivity index (χ0v) is 12.3. The van der Waals surface area contributed by atoms with Gasteiger partial charge >= 0.3 is 0 Å². The van der Waals surface area contributed by atoms with Crippen molar-refractivity contribution in [3.63, 3.8) is 0 Å². The molecule has 1 aromatic rings. The summed E-state index contributed by atoms with van der Waals surface area (Å²) in [6.45, 7) is 4.67. The van der Waals surface area contributed by atoms with E-state index in [0.29, 0.717) is 19.4 Å². The molecule has 1 unspecified atom stereocenters. The predicted octanol–water partition coefficient (Wildman–Crippen LogP) is 3.71. The molecular formula is C14H17BrN2O. The molecule has 0 aliphatic carbocycles. The average molecular weight is 309 g/mol. The Morgan fingerprint density at radius 2 is 2.00 bits per heavy atom. The maximum absolute atomic E-state index is 9.51. The van der Waals surface area contributed by atoms with Gasteiger partial charge < -0.3 is 10.1 Å². The maximum Gasteiger partial charge on any atom is 0.130 e. The molecule has 0 spiro atoms. The van der Waals surface area contributed by atoms with Crippen molar-refractivity contribution in [3.05, 3.63) is 28.7 Å². The van der Waals surface area contributed by atoms with Gasteiger partial charge in [0.05, 0.1) is 18.3 Å². The van der Waals surface area contributed by atoms with Crippen LogP contribution in [-0.2, 0) is 4.74 Å². The van der Waals surface area contributed by atoms with Gasteiger partial charge in [0, 0.05) is 23.0 Å². The van der Waals surface area contributed by atoms with Crippen LogP contribution in [0.1, 0.15) is 26.7 Å². The first-order valence-corrected chi connectivity index (χ1v) is 6.83. The summed E-state index contributed by atoms with van der Waals surface area (Å²) in [5.74, 6) is 0. The molecule has 2 rings (SSSR count). The van der Waals surface area contributed by atoms with Crippen LogP contribution in [-0.4, -0.2) is 17.7 Å². The second-order valence-corrected chi connectivity index (χ2v) is 6.28. The molecule has 1 saturated heterocycles. The zero-order valence-electron chi connectivity index (χ0n) is 10.7. The second-order valence-electron chi connectivity index (χ2n) is 5.36. The van der Waals surface area contributed by atoms with Crippen molar-refractivity contribution >= 4 is 21.6 Å². The highest BCUT2D eigenvalue weighted by atomic mass is 79.9. The van der Waals surface area contributed by atoms with Crippen molar-refractivity contribution in [2.45, 2.75) is 37.8 Å². The van der Waals surface area contributed by atoms with Crippen LogP contribution in [0, 0.1) is 11.3 Å². The summed E-state index contributed by atoms with van der Waals surface area (Å²) < 4.78 is 6.71. The number of ether oxygens (including phenoxy) is 1. The molecule has 4 heteroatoms. The van der Waals surface area contributed by atoms with Crippen LogP contribution in [0.4, 0.5) is 5.69 Å². The van der Waals surface area contributed by atoms with E-state index in [0.717, 1.165) is 10.2 Å². The first kappa shape index (κ1) is 13.4. The minimum Gasteiger partial charge on any atom is -0.375 e. The third-order valence-electron chi connectivity index (χ3n) is 3.19. The van der Waals surface area contributed by atoms with Crippen molar-refractivity contribution in [2.75, 3.05) is 11.9 Å². The molecule has 0 saturated carbocycles. The zero-order chi connectivity index (χ0) is 13.2. The van der Waals surface area contributed by atoms with Gasteiger partial charge in [0.2, 0.25) is 0 Å². The number of nitrogens with zero attached hydrogens (tertiary/aromatic N) is 1. The molecule has 18 heavy (non-hydrogen) atoms. The number of nitrogens with one attached hydrogen (secondary N) is 1. The van der Waals surface area contributed by atoms with E-state index in [1.807, 2.05) is 38.1 Å². The van der Waals surface area contributed by atoms with Crippen LogP contribution in [0.3, 0.4) is 0 Å². The smallest absolute Gasteiger partial charge is 0.130 e. The summed E-state index contributed by atoms with van der Waals surface area (Å²) in [5, 5.41) is 12.9. The quantitative estimate of drug-likeness (QED) is 0.906. The molecule has 0 amide bonds. The van der Waals surface area contributed by atoms with E-state index in [2.05, 4.69) is 27.3 Å². The van der Waals surface area contributed by atoms with Gasteiger partial charge in [0.15, 0.2) is 0 Å². The minimum absolute atomic E-state index is 0.254. The fourth-order valence-corrected chi connectivity index (χ4v) is 2.67. The Bertz CT molecular complexity index is 464. The van der Waals surface area contributed by atoms with Crippen molar-refractivity contribution < 1.29 is 4.74 Å². The fraction of sp³-hybridized carbons (Fsp3) is 0.500. The minimum atomic E-state index is -0.532. The van der Waals surface area contributed by atoms with E-state index in [4.69, 9.17) is 4.74 Å². The molecular weight excluding hydrogens is 292 g/mol. The van der Waals surface area contributed by atoms with Crippen molar-refractivity contribution in [3.8, 4) is 6.07 Å². The van der Waals surface area contributed by atoms with Crippen LogP contribution < -0.4 is 5.32 Å². The van der Waals surface area contributed by atoms with E-state index in [-0.39, 0.29) is 5.60 Å². The molecule has 1 aliphatic heterocycles. The molecule has 3 nitrogen and oxygen atoms in total. The Morgan fingerprint density at radius 1 is 1.33 bits per heavy atom. The molecule has 0 radical (unpaired) electrons. The highest BCUT2D eigenvalue weighted by Crippen LogP contribution is 2.34. The van der Waals surface area contributed by atoms with Gasteiger partial charge in [-0.3, -0.25) is 0 Å². The van der Waals surface area contributed by atoms with Gasteiger partial charge in [0.1, 0.15) is 5.54 Å². The molecule has 96 valence electrons. The number of benzene rings is 1. The van der Waals surface area contributed by atoms with Crippen LogP contribution in [0.5, 0.6) is 0 Å². The van der Waals surface area contributed by atoms with Crippen molar-refractivity contribution in [2.24, 2.45) is 0 Å². The molecule has 0 bridgehead atoms. The van der Waals surface area contributed by atoms with Crippen molar-refractivity contribution in [1.29, 1.82) is 5.26 Å². The molecule has 1 heterocycles. The maximum atomic E-state index is 9.51. The summed E-state index contributed by atoms with van der Waals surface area (Å²) in [4.78, 5) is 0. The summed E-state index contributed by atoms with van der Waals surface area (Å²) in [6.07, 6.45) is 1.40. The molecule has 0 aromatic heterocycles. The molecule has 1 aliphatic rings. The fourth-order valence-electron chi connectivity index (χ4n) is 2.41. The van der Waals surface area contributed by atoms with E-state index >= 15 is 0 Å². The Morgan fingerprint density at radius 3 is 2.56 bits per heavy atom. The summed E-state index contributed by atoms with van der Waals surface area (Å²) in [5.41, 5.74) is 0.184. The third kappa shape index (κ3) is 3.04. The first-order valence-electron chi connectivity index (χ1n) is 6.04. The van der Waals surface area contributed by atoms with E-state index in [9.17, 15) is 5.26 Å². The van der Waals surface area contributed by atoms with Crippen molar-refractivity contribution in [1.82, 2.24) is 0 Å². The third-order valence-corrected chi connectivity index (χ3v) is 3.72. The number of nitriles is 1. The van der Waals surface area contributed by atoms with E-state index in [1.54, 1.807) is 0 Å². The molecule has 1 aromatic carbocycles. The summed E-state index contributed by atoms with van der Waals surface area (Å²) >= 11 is 3.41. The number of halogens is 1. The molecule has 1 atom stereocenters.